The molecule has 1 aliphatic rings. The molecule has 1 aliphatic carbocycles. The molecule has 3 aromatic rings. The van der Waals surface area contributed by atoms with Gasteiger partial charge in [-0.1, -0.05) is 19.0 Å². The van der Waals surface area contributed by atoms with Crippen LogP contribution in [0.4, 0.5) is 0 Å². The van der Waals surface area contributed by atoms with Crippen molar-refractivity contribution in [2.45, 2.75) is 65.3 Å². The topological polar surface area (TPSA) is 122 Å². The summed E-state index contributed by atoms with van der Waals surface area (Å²) >= 11 is 0. The molecule has 0 aliphatic heterocycles. The molecule has 0 atom stereocenters. The lowest BCUT2D eigenvalue weighted by atomic mass is 9.97. The van der Waals surface area contributed by atoms with Crippen LogP contribution in [0.25, 0.3) is 5.78 Å². The SMILES string of the molecule is CCN(Cc1nc(C(C)C)no1)C(=O)Cc1nc2nc3c(c(=O)n2[nH]1)CCCC3. The van der Waals surface area contributed by atoms with Crippen molar-refractivity contribution in [3.05, 3.63) is 39.2 Å². The first kappa shape index (κ1) is 19.3. The zero-order valence-corrected chi connectivity index (χ0v) is 16.9. The van der Waals surface area contributed by atoms with E-state index in [4.69, 9.17) is 4.52 Å². The molecule has 3 heterocycles. The van der Waals surface area contributed by atoms with Gasteiger partial charge in [-0.25, -0.2) is 4.98 Å². The largest absolute Gasteiger partial charge is 0.337 e. The molecule has 0 saturated carbocycles. The van der Waals surface area contributed by atoms with Gasteiger partial charge < -0.3 is 9.42 Å². The minimum atomic E-state index is -0.145. The molecular weight excluding hydrogens is 374 g/mol. The fraction of sp³-hybridized carbons (Fsp3) is 0.579. The van der Waals surface area contributed by atoms with Gasteiger partial charge in [0.2, 0.25) is 11.8 Å². The normalized spacial score (nSPS) is 13.8. The van der Waals surface area contributed by atoms with Gasteiger partial charge >= 0.3 is 0 Å². The van der Waals surface area contributed by atoms with Crippen molar-refractivity contribution < 1.29 is 9.32 Å². The number of H-pyrrole nitrogens is 1. The Labute approximate surface area is 167 Å². The average Bonchev–Trinajstić information content (AvgIpc) is 3.33. The number of carbonyl (C=O) groups is 1. The Kier molecular flexibility index (Phi) is 5.16. The Bertz CT molecular complexity index is 1100. The van der Waals surface area contributed by atoms with Crippen molar-refractivity contribution in [1.29, 1.82) is 0 Å². The number of carbonyl (C=O) groups excluding carboxylic acids is 1. The first-order valence-electron chi connectivity index (χ1n) is 10.1. The van der Waals surface area contributed by atoms with Crippen LogP contribution in [0.2, 0.25) is 0 Å². The molecular formula is C19H25N7O3. The smallest absolute Gasteiger partial charge is 0.277 e. The summed E-state index contributed by atoms with van der Waals surface area (Å²) in [6.45, 7) is 6.57. The third kappa shape index (κ3) is 3.79. The fourth-order valence-corrected chi connectivity index (χ4v) is 3.53. The second-order valence-electron chi connectivity index (χ2n) is 7.64. The van der Waals surface area contributed by atoms with Gasteiger partial charge in [0.1, 0.15) is 5.82 Å². The van der Waals surface area contributed by atoms with Crippen molar-refractivity contribution in [3.63, 3.8) is 0 Å². The standard InChI is InChI=1S/C19H25N7O3/c1-4-25(10-15-22-17(11(2)3)24-29-15)16(27)9-14-21-19-20-13-8-6-5-7-12(13)18(28)26(19)23-14/h11H,4-10H2,1-3H3,(H,20,21,23). The van der Waals surface area contributed by atoms with Crippen molar-refractivity contribution in [2.75, 3.05) is 6.54 Å². The fourth-order valence-electron chi connectivity index (χ4n) is 3.53. The Balaban J connectivity index is 1.52. The average molecular weight is 399 g/mol. The number of nitrogens with one attached hydrogen (secondary N) is 1. The number of hydrogen-bond donors (Lipinski definition) is 1. The Morgan fingerprint density at radius 1 is 1.24 bits per heavy atom. The summed E-state index contributed by atoms with van der Waals surface area (Å²) < 4.78 is 6.59. The Morgan fingerprint density at radius 3 is 2.76 bits per heavy atom. The summed E-state index contributed by atoms with van der Waals surface area (Å²) in [5.41, 5.74) is 1.47. The summed E-state index contributed by atoms with van der Waals surface area (Å²) in [4.78, 5) is 40.3. The van der Waals surface area contributed by atoms with E-state index >= 15 is 0 Å². The van der Waals surface area contributed by atoms with Crippen LogP contribution in [0.5, 0.6) is 0 Å². The van der Waals surface area contributed by atoms with Gasteiger partial charge in [-0.2, -0.15) is 14.5 Å². The van der Waals surface area contributed by atoms with Crippen LogP contribution in [-0.2, 0) is 30.6 Å². The van der Waals surface area contributed by atoms with E-state index in [1.165, 1.54) is 4.52 Å². The van der Waals surface area contributed by atoms with E-state index in [0.717, 1.165) is 36.9 Å². The van der Waals surface area contributed by atoms with Crippen molar-refractivity contribution in [2.24, 2.45) is 0 Å². The van der Waals surface area contributed by atoms with Gasteiger partial charge in [0.15, 0.2) is 5.82 Å². The molecule has 0 saturated heterocycles. The quantitative estimate of drug-likeness (QED) is 0.664. The lowest BCUT2D eigenvalue weighted by Gasteiger charge is -2.17. The maximum Gasteiger partial charge on any atom is 0.277 e. The van der Waals surface area contributed by atoms with Gasteiger partial charge in [0, 0.05) is 18.0 Å². The van der Waals surface area contributed by atoms with E-state index < -0.39 is 0 Å². The van der Waals surface area contributed by atoms with E-state index in [9.17, 15) is 9.59 Å². The van der Waals surface area contributed by atoms with E-state index in [0.29, 0.717) is 29.9 Å². The van der Waals surface area contributed by atoms with E-state index in [2.05, 4.69) is 25.2 Å². The highest BCUT2D eigenvalue weighted by Crippen LogP contribution is 2.16. The Morgan fingerprint density at radius 2 is 2.03 bits per heavy atom. The van der Waals surface area contributed by atoms with Crippen LogP contribution < -0.4 is 5.56 Å². The van der Waals surface area contributed by atoms with Gasteiger partial charge in [-0.05, 0) is 32.6 Å². The molecule has 0 bridgehead atoms. The third-order valence-corrected chi connectivity index (χ3v) is 5.19. The molecule has 10 nitrogen and oxygen atoms in total. The summed E-state index contributed by atoms with van der Waals surface area (Å²) in [7, 11) is 0. The third-order valence-electron chi connectivity index (χ3n) is 5.19. The summed E-state index contributed by atoms with van der Waals surface area (Å²) in [5, 5.41) is 6.87. The van der Waals surface area contributed by atoms with E-state index in [-0.39, 0.29) is 30.3 Å². The van der Waals surface area contributed by atoms with Gasteiger partial charge in [-0.15, -0.1) is 0 Å². The molecule has 3 aromatic heterocycles. The van der Waals surface area contributed by atoms with Crippen LogP contribution in [0, 0.1) is 0 Å². The van der Waals surface area contributed by atoms with Crippen molar-refractivity contribution >= 4 is 11.7 Å². The highest BCUT2D eigenvalue weighted by Gasteiger charge is 2.21. The van der Waals surface area contributed by atoms with Crippen LogP contribution >= 0.6 is 0 Å². The molecule has 4 rings (SSSR count). The number of nitrogens with zero attached hydrogens (tertiary/aromatic N) is 6. The molecule has 1 N–H and O–H groups in total. The molecule has 10 heteroatoms. The summed E-state index contributed by atoms with van der Waals surface area (Å²) in [6.07, 6.45) is 3.60. The molecule has 1 amide bonds. The highest BCUT2D eigenvalue weighted by molar-refractivity contribution is 5.78. The minimum absolute atomic E-state index is 0.0342. The van der Waals surface area contributed by atoms with Gasteiger partial charge in [0.05, 0.1) is 18.7 Å². The first-order valence-corrected chi connectivity index (χ1v) is 10.1. The minimum Gasteiger partial charge on any atom is -0.337 e. The number of rotatable bonds is 6. The van der Waals surface area contributed by atoms with Gasteiger partial charge in [-0.3, -0.25) is 14.7 Å². The zero-order valence-electron chi connectivity index (χ0n) is 16.9. The van der Waals surface area contributed by atoms with Crippen molar-refractivity contribution in [3.8, 4) is 0 Å². The lowest BCUT2D eigenvalue weighted by molar-refractivity contribution is -0.131. The highest BCUT2D eigenvalue weighted by atomic mass is 16.5. The predicted molar refractivity (Wildman–Crippen MR) is 103 cm³/mol. The van der Waals surface area contributed by atoms with Crippen LogP contribution in [0.1, 0.15) is 68.3 Å². The molecule has 0 fully saturated rings. The molecule has 0 spiro atoms. The number of aryl methyl sites for hydroxylation is 1. The van der Waals surface area contributed by atoms with Crippen LogP contribution in [0.3, 0.4) is 0 Å². The molecule has 154 valence electrons. The number of aromatic amines is 1. The molecule has 0 unspecified atom stereocenters. The van der Waals surface area contributed by atoms with Crippen LogP contribution in [0.15, 0.2) is 9.32 Å². The number of fused-ring (bicyclic) bond motifs is 2. The number of likely N-dealkylation sites (N-methyl/N-ethyl adjacent to an activating group) is 1. The van der Waals surface area contributed by atoms with Gasteiger partial charge in [0.25, 0.3) is 11.3 Å². The predicted octanol–water partition coefficient (Wildman–Crippen LogP) is 1.39. The Hall–Kier alpha value is -3.04. The second kappa shape index (κ2) is 7.76. The number of aromatic nitrogens is 6. The summed E-state index contributed by atoms with van der Waals surface area (Å²) in [5.74, 6) is 1.77. The maximum absolute atomic E-state index is 12.8. The van der Waals surface area contributed by atoms with Crippen molar-refractivity contribution in [1.82, 2.24) is 34.6 Å². The zero-order chi connectivity index (χ0) is 20.5. The lowest BCUT2D eigenvalue weighted by Crippen LogP contribution is -2.32. The second-order valence-corrected chi connectivity index (χ2v) is 7.64. The summed E-state index contributed by atoms with van der Waals surface area (Å²) in [6, 6.07) is 0. The molecule has 0 radical (unpaired) electrons. The number of hydrogen-bond acceptors (Lipinski definition) is 7. The molecule has 0 aromatic carbocycles. The number of amides is 1. The monoisotopic (exact) mass is 399 g/mol. The molecule has 29 heavy (non-hydrogen) atoms. The van der Waals surface area contributed by atoms with E-state index in [1.807, 2.05) is 20.8 Å². The van der Waals surface area contributed by atoms with Crippen LogP contribution in [-0.4, -0.2) is 47.1 Å². The maximum atomic E-state index is 12.8. The first-order chi connectivity index (χ1) is 14.0. The van der Waals surface area contributed by atoms with E-state index in [1.54, 1.807) is 4.90 Å².